The molecule has 0 unspecified atom stereocenters. The average molecular weight is 374 g/mol. The fraction of sp³-hybridized carbons (Fsp3) is 0.278. The smallest absolute Gasteiger partial charge is 0.326 e. The Morgan fingerprint density at radius 1 is 1.40 bits per heavy atom. The highest BCUT2D eigenvalue weighted by Crippen LogP contribution is 2.36. The summed E-state index contributed by atoms with van der Waals surface area (Å²) in [6.07, 6.45) is 4.80. The molecule has 130 valence electrons. The molecule has 1 N–H and O–H groups in total. The van der Waals surface area contributed by atoms with Gasteiger partial charge < -0.3 is 9.67 Å². The Hall–Kier alpha value is -2.12. The Bertz CT molecular complexity index is 901. The van der Waals surface area contributed by atoms with Gasteiger partial charge in [0.25, 0.3) is 5.91 Å². The van der Waals surface area contributed by atoms with Crippen molar-refractivity contribution in [3.8, 4) is 0 Å². The first-order valence-corrected chi connectivity index (χ1v) is 9.20. The number of nitrogens with zero attached hydrogens (tertiary/aromatic N) is 2. The fourth-order valence-corrected chi connectivity index (χ4v) is 4.36. The normalized spacial score (nSPS) is 17.7. The predicted octanol–water partition coefficient (Wildman–Crippen LogP) is 3.63. The summed E-state index contributed by atoms with van der Waals surface area (Å²) in [5, 5.41) is 10.5. The van der Waals surface area contributed by atoms with E-state index in [0.29, 0.717) is 22.1 Å². The standard InChI is InChI=1S/C18H18N2O3S2/c1-3-6-14(17(22)23)20-16(21)15(25-18(20)24)9-11-10-19(2)13-8-5-4-7-12(11)13/h4-5,7-10,14H,3,6H2,1-2H3,(H,22,23)/b15-9-/t14-/m1/s1. The average Bonchev–Trinajstić information content (AvgIpc) is 3.03. The van der Waals surface area contributed by atoms with Crippen molar-refractivity contribution in [2.45, 2.75) is 25.8 Å². The molecule has 7 heteroatoms. The lowest BCUT2D eigenvalue weighted by Gasteiger charge is -2.22. The van der Waals surface area contributed by atoms with Gasteiger partial charge >= 0.3 is 5.97 Å². The number of hydrogen-bond donors (Lipinski definition) is 1. The van der Waals surface area contributed by atoms with Gasteiger partial charge in [-0.3, -0.25) is 9.69 Å². The van der Waals surface area contributed by atoms with Crippen molar-refractivity contribution in [2.75, 3.05) is 0 Å². The lowest BCUT2D eigenvalue weighted by molar-refractivity contribution is -0.145. The molecule has 1 aliphatic heterocycles. The molecule has 0 radical (unpaired) electrons. The van der Waals surface area contributed by atoms with Gasteiger partial charge in [-0.05, 0) is 18.6 Å². The minimum absolute atomic E-state index is 0.303. The number of aliphatic carboxylic acids is 1. The van der Waals surface area contributed by atoms with Gasteiger partial charge in [0.1, 0.15) is 10.4 Å². The third-order valence-electron chi connectivity index (χ3n) is 4.20. The molecule has 3 rings (SSSR count). The SMILES string of the molecule is CCC[C@H](C(=O)O)N1C(=O)/C(=C/c2cn(C)c3ccccc23)SC1=S. The van der Waals surface area contributed by atoms with E-state index < -0.39 is 12.0 Å². The van der Waals surface area contributed by atoms with Crippen LogP contribution in [-0.2, 0) is 16.6 Å². The molecule has 1 amide bonds. The Morgan fingerprint density at radius 2 is 2.12 bits per heavy atom. The van der Waals surface area contributed by atoms with E-state index in [1.54, 1.807) is 6.08 Å². The molecule has 1 saturated heterocycles. The third-order valence-corrected chi connectivity index (χ3v) is 5.53. The van der Waals surface area contributed by atoms with Crippen LogP contribution in [0.5, 0.6) is 0 Å². The zero-order valence-corrected chi connectivity index (χ0v) is 15.6. The van der Waals surface area contributed by atoms with Crippen LogP contribution in [0.4, 0.5) is 0 Å². The number of rotatable bonds is 5. The van der Waals surface area contributed by atoms with Crippen LogP contribution in [0.1, 0.15) is 25.3 Å². The number of carboxylic acid groups (broad SMARTS) is 1. The molecule has 1 aliphatic rings. The molecule has 2 aromatic rings. The van der Waals surface area contributed by atoms with Gasteiger partial charge in [0.05, 0.1) is 4.91 Å². The molecule has 5 nitrogen and oxygen atoms in total. The third kappa shape index (κ3) is 3.21. The van der Waals surface area contributed by atoms with Gasteiger partial charge in [0.2, 0.25) is 0 Å². The molecule has 1 aromatic carbocycles. The minimum Gasteiger partial charge on any atom is -0.480 e. The summed E-state index contributed by atoms with van der Waals surface area (Å²) in [7, 11) is 1.95. The number of para-hydroxylation sites is 1. The molecule has 1 aromatic heterocycles. The highest BCUT2D eigenvalue weighted by atomic mass is 32.2. The molecule has 1 fully saturated rings. The molecule has 0 aliphatic carbocycles. The first-order valence-electron chi connectivity index (χ1n) is 7.98. The summed E-state index contributed by atoms with van der Waals surface area (Å²) < 4.78 is 2.30. The first-order chi connectivity index (χ1) is 11.9. The molecule has 0 saturated carbocycles. The lowest BCUT2D eigenvalue weighted by atomic mass is 10.1. The predicted molar refractivity (Wildman–Crippen MR) is 104 cm³/mol. The second-order valence-corrected chi connectivity index (χ2v) is 7.58. The van der Waals surface area contributed by atoms with E-state index in [-0.39, 0.29) is 5.91 Å². The maximum Gasteiger partial charge on any atom is 0.326 e. The number of fused-ring (bicyclic) bond motifs is 1. The molecule has 2 heterocycles. The number of hydrogen-bond acceptors (Lipinski definition) is 4. The molecule has 0 spiro atoms. The van der Waals surface area contributed by atoms with Crippen molar-refractivity contribution in [1.82, 2.24) is 9.47 Å². The molecule has 25 heavy (non-hydrogen) atoms. The monoisotopic (exact) mass is 374 g/mol. The van der Waals surface area contributed by atoms with Crippen LogP contribution >= 0.6 is 24.0 Å². The van der Waals surface area contributed by atoms with E-state index in [1.807, 2.05) is 49.0 Å². The van der Waals surface area contributed by atoms with Crippen molar-refractivity contribution in [3.05, 3.63) is 40.9 Å². The number of aromatic nitrogens is 1. The Labute approximate surface area is 155 Å². The van der Waals surface area contributed by atoms with Gasteiger partial charge in [-0.2, -0.15) is 0 Å². The summed E-state index contributed by atoms with van der Waals surface area (Å²) in [6, 6.07) is 7.02. The summed E-state index contributed by atoms with van der Waals surface area (Å²) in [5.74, 6) is -1.35. The topological polar surface area (TPSA) is 62.5 Å². The Balaban J connectivity index is 1.98. The van der Waals surface area contributed by atoms with Crippen LogP contribution in [0.2, 0.25) is 0 Å². The Morgan fingerprint density at radius 3 is 2.80 bits per heavy atom. The van der Waals surface area contributed by atoms with Crippen LogP contribution in [0, 0.1) is 0 Å². The zero-order valence-electron chi connectivity index (χ0n) is 13.9. The van der Waals surface area contributed by atoms with E-state index in [4.69, 9.17) is 12.2 Å². The largest absolute Gasteiger partial charge is 0.480 e. The van der Waals surface area contributed by atoms with E-state index in [2.05, 4.69) is 0 Å². The highest BCUT2D eigenvalue weighted by Gasteiger charge is 2.40. The number of carboxylic acids is 1. The van der Waals surface area contributed by atoms with Crippen LogP contribution in [0.3, 0.4) is 0 Å². The maximum atomic E-state index is 12.8. The first kappa shape index (κ1) is 17.7. The van der Waals surface area contributed by atoms with Gasteiger partial charge in [-0.15, -0.1) is 0 Å². The van der Waals surface area contributed by atoms with Gasteiger partial charge in [0, 0.05) is 29.7 Å². The number of thioether (sulfide) groups is 1. The Kier molecular flexibility index (Phi) is 4.96. The van der Waals surface area contributed by atoms with Crippen molar-refractivity contribution < 1.29 is 14.7 Å². The summed E-state index contributed by atoms with van der Waals surface area (Å²) in [5.41, 5.74) is 1.99. The number of carbonyl (C=O) groups excluding carboxylic acids is 1. The van der Waals surface area contributed by atoms with Gasteiger partial charge in [-0.25, -0.2) is 4.79 Å². The molecular formula is C18H18N2O3S2. The summed E-state index contributed by atoms with van der Waals surface area (Å²) >= 11 is 6.44. The zero-order chi connectivity index (χ0) is 18.1. The maximum absolute atomic E-state index is 12.8. The number of thiocarbonyl (C=S) groups is 1. The quantitative estimate of drug-likeness (QED) is 0.640. The molecule has 0 bridgehead atoms. The number of carbonyl (C=O) groups is 2. The van der Waals surface area contributed by atoms with Gasteiger partial charge in [-0.1, -0.05) is 55.5 Å². The number of amides is 1. The van der Waals surface area contributed by atoms with Crippen LogP contribution in [0.25, 0.3) is 17.0 Å². The molecular weight excluding hydrogens is 356 g/mol. The van der Waals surface area contributed by atoms with E-state index in [0.717, 1.165) is 28.2 Å². The van der Waals surface area contributed by atoms with Crippen LogP contribution in [-0.4, -0.2) is 36.8 Å². The summed E-state index contributed by atoms with van der Waals surface area (Å²) in [4.78, 5) is 26.0. The summed E-state index contributed by atoms with van der Waals surface area (Å²) in [6.45, 7) is 1.89. The van der Waals surface area contributed by atoms with Crippen molar-refractivity contribution in [3.63, 3.8) is 0 Å². The van der Waals surface area contributed by atoms with E-state index >= 15 is 0 Å². The lowest BCUT2D eigenvalue weighted by Crippen LogP contribution is -2.43. The second kappa shape index (κ2) is 7.01. The van der Waals surface area contributed by atoms with Crippen molar-refractivity contribution in [2.24, 2.45) is 7.05 Å². The highest BCUT2D eigenvalue weighted by molar-refractivity contribution is 8.26. The second-order valence-electron chi connectivity index (χ2n) is 5.91. The van der Waals surface area contributed by atoms with E-state index in [9.17, 15) is 14.7 Å². The van der Waals surface area contributed by atoms with Crippen LogP contribution in [0.15, 0.2) is 35.4 Å². The minimum atomic E-state index is -1.02. The van der Waals surface area contributed by atoms with E-state index in [1.165, 1.54) is 4.90 Å². The fourth-order valence-electron chi connectivity index (χ4n) is 3.01. The number of aryl methyl sites for hydroxylation is 1. The van der Waals surface area contributed by atoms with Crippen LogP contribution < -0.4 is 0 Å². The van der Waals surface area contributed by atoms with Crippen molar-refractivity contribution >= 4 is 57.2 Å². The molecule has 1 atom stereocenters. The number of benzene rings is 1. The van der Waals surface area contributed by atoms with Gasteiger partial charge in [0.15, 0.2) is 0 Å². The van der Waals surface area contributed by atoms with Crippen molar-refractivity contribution in [1.29, 1.82) is 0 Å².